The number of furan rings is 2. The Bertz CT molecular complexity index is 1660. The summed E-state index contributed by atoms with van der Waals surface area (Å²) in [6, 6.07) is 9.00. The van der Waals surface area contributed by atoms with Gasteiger partial charge < -0.3 is 8.83 Å². The molecule has 2 aromatic heterocycles. The lowest BCUT2D eigenvalue weighted by atomic mass is 9.71. The fourth-order valence-electron chi connectivity index (χ4n) is 5.43. The van der Waals surface area contributed by atoms with Crippen LogP contribution in [0.4, 0.5) is 26.3 Å². The van der Waals surface area contributed by atoms with Crippen LogP contribution in [0.1, 0.15) is 64.1 Å². The van der Waals surface area contributed by atoms with Crippen LogP contribution in [0.5, 0.6) is 0 Å². The summed E-state index contributed by atoms with van der Waals surface area (Å²) < 4.78 is 99.5. The van der Waals surface area contributed by atoms with E-state index in [-0.39, 0.29) is 22.6 Å². The number of hydrogen-bond donors (Lipinski definition) is 0. The SMILES string of the molecule is O=C1c2ccc(C(c3ccc4c(c3)C(=O)N(Cc3ccco3)C4=O)(C(F)(F)F)C(F)(F)F)cc2C(=O)N1Cc1ccco1. The Morgan fingerprint density at radius 2 is 0.907 bits per heavy atom. The number of amides is 4. The van der Waals surface area contributed by atoms with Crippen LogP contribution in [0.3, 0.4) is 0 Å². The molecule has 0 aliphatic carbocycles. The van der Waals surface area contributed by atoms with E-state index in [4.69, 9.17) is 8.83 Å². The maximum absolute atomic E-state index is 14.9. The number of alkyl halides is 6. The molecule has 6 rings (SSSR count). The Kier molecular flexibility index (Phi) is 6.15. The van der Waals surface area contributed by atoms with E-state index in [0.29, 0.717) is 34.1 Å². The zero-order valence-electron chi connectivity index (χ0n) is 21.5. The van der Waals surface area contributed by atoms with Crippen molar-refractivity contribution in [2.75, 3.05) is 0 Å². The Hall–Kier alpha value is -5.14. The number of hydrogen-bond acceptors (Lipinski definition) is 6. The lowest BCUT2D eigenvalue weighted by Gasteiger charge is -2.38. The Labute approximate surface area is 237 Å². The van der Waals surface area contributed by atoms with Crippen LogP contribution in [0, 0.1) is 0 Å². The standard InChI is InChI=1S/C29H16F6N2O6/c30-28(31,32)27(29(33,34)35,15-5-7-19-21(11-15)25(40)36(23(19)38)13-17-3-1-9-42-17)16-6-8-20-22(12-16)26(41)37(24(20)39)14-18-4-2-10-43-18/h1-12H,13-14H2. The first kappa shape index (κ1) is 28.0. The molecule has 0 saturated carbocycles. The Morgan fingerprint density at radius 1 is 0.535 bits per heavy atom. The molecular weight excluding hydrogens is 586 g/mol. The van der Waals surface area contributed by atoms with Crippen LogP contribution >= 0.6 is 0 Å². The third-order valence-electron chi connectivity index (χ3n) is 7.45. The number of fused-ring (bicyclic) bond motifs is 2. The van der Waals surface area contributed by atoms with Gasteiger partial charge in [-0.15, -0.1) is 0 Å². The fourth-order valence-corrected chi connectivity index (χ4v) is 5.43. The first-order valence-corrected chi connectivity index (χ1v) is 12.5. The van der Waals surface area contributed by atoms with Crippen molar-refractivity contribution in [1.29, 1.82) is 0 Å². The van der Waals surface area contributed by atoms with Crippen LogP contribution in [0.25, 0.3) is 0 Å². The van der Waals surface area contributed by atoms with Crippen LogP contribution in [-0.2, 0) is 18.5 Å². The summed E-state index contributed by atoms with van der Waals surface area (Å²) >= 11 is 0. The summed E-state index contributed by atoms with van der Waals surface area (Å²) in [5.74, 6) is -3.75. The molecule has 43 heavy (non-hydrogen) atoms. The lowest BCUT2D eigenvalue weighted by molar-refractivity contribution is -0.288. The molecule has 14 heteroatoms. The summed E-state index contributed by atoms with van der Waals surface area (Å²) in [6.45, 7) is -0.790. The van der Waals surface area contributed by atoms with Crippen LogP contribution < -0.4 is 0 Å². The van der Waals surface area contributed by atoms with E-state index in [1.165, 1.54) is 36.8 Å². The van der Waals surface area contributed by atoms with E-state index < -0.39 is 76.7 Å². The van der Waals surface area contributed by atoms with E-state index in [1.54, 1.807) is 0 Å². The second-order valence-corrected chi connectivity index (χ2v) is 9.82. The van der Waals surface area contributed by atoms with Crippen molar-refractivity contribution >= 4 is 23.6 Å². The van der Waals surface area contributed by atoms with E-state index in [2.05, 4.69) is 0 Å². The van der Waals surface area contributed by atoms with E-state index in [9.17, 15) is 45.5 Å². The molecule has 8 nitrogen and oxygen atoms in total. The van der Waals surface area contributed by atoms with Gasteiger partial charge in [0.25, 0.3) is 23.6 Å². The number of benzene rings is 2. The van der Waals surface area contributed by atoms with Gasteiger partial charge in [-0.3, -0.25) is 29.0 Å². The van der Waals surface area contributed by atoms with Crippen molar-refractivity contribution in [1.82, 2.24) is 9.80 Å². The topological polar surface area (TPSA) is 101 Å². The van der Waals surface area contributed by atoms with Crippen LogP contribution in [0.15, 0.2) is 82.0 Å². The Morgan fingerprint density at radius 3 is 1.23 bits per heavy atom. The van der Waals surface area contributed by atoms with Gasteiger partial charge in [-0.2, -0.15) is 26.3 Å². The van der Waals surface area contributed by atoms with Gasteiger partial charge in [-0.1, -0.05) is 12.1 Å². The zero-order chi connectivity index (χ0) is 30.9. The average molecular weight is 602 g/mol. The van der Waals surface area contributed by atoms with Crippen molar-refractivity contribution in [3.05, 3.63) is 118 Å². The number of nitrogens with zero attached hydrogens (tertiary/aromatic N) is 2. The molecule has 0 atom stereocenters. The normalized spacial score (nSPS) is 15.5. The molecule has 0 N–H and O–H groups in total. The summed E-state index contributed by atoms with van der Waals surface area (Å²) in [5, 5.41) is 0. The lowest BCUT2D eigenvalue weighted by Crippen LogP contribution is -2.55. The second kappa shape index (κ2) is 9.44. The molecule has 0 bridgehead atoms. The predicted molar refractivity (Wildman–Crippen MR) is 132 cm³/mol. The van der Waals surface area contributed by atoms with E-state index >= 15 is 0 Å². The molecule has 0 fully saturated rings. The average Bonchev–Trinajstić information content (AvgIpc) is 3.73. The molecule has 2 aliphatic heterocycles. The van der Waals surface area contributed by atoms with Crippen LogP contribution in [0.2, 0.25) is 0 Å². The minimum absolute atomic E-state index is 0.160. The summed E-state index contributed by atoms with van der Waals surface area (Å²) in [5.41, 5.74) is -9.66. The molecule has 0 radical (unpaired) electrons. The van der Waals surface area contributed by atoms with Crippen molar-refractivity contribution in [2.45, 2.75) is 30.9 Å². The highest BCUT2D eigenvalue weighted by atomic mass is 19.4. The largest absolute Gasteiger partial charge is 0.467 e. The highest BCUT2D eigenvalue weighted by Gasteiger charge is 2.73. The fraction of sp³-hybridized carbons (Fsp3) is 0.172. The number of carbonyl (C=O) groups excluding carboxylic acids is 4. The van der Waals surface area contributed by atoms with Gasteiger partial charge in [0, 0.05) is 0 Å². The van der Waals surface area contributed by atoms with Gasteiger partial charge >= 0.3 is 12.4 Å². The number of imide groups is 2. The van der Waals surface area contributed by atoms with Gasteiger partial charge in [0.05, 0.1) is 47.9 Å². The second-order valence-electron chi connectivity index (χ2n) is 9.82. The third kappa shape index (κ3) is 4.07. The van der Waals surface area contributed by atoms with Crippen molar-refractivity contribution in [3.63, 3.8) is 0 Å². The maximum atomic E-state index is 14.9. The molecule has 4 amide bonds. The van der Waals surface area contributed by atoms with Gasteiger partial charge in [-0.25, -0.2) is 0 Å². The highest BCUT2D eigenvalue weighted by Crippen LogP contribution is 2.57. The Balaban J connectivity index is 1.47. The molecular formula is C29H16F6N2O6. The molecule has 2 aromatic carbocycles. The summed E-state index contributed by atoms with van der Waals surface area (Å²) in [4.78, 5) is 53.1. The molecule has 0 unspecified atom stereocenters. The molecule has 4 aromatic rings. The highest BCUT2D eigenvalue weighted by molar-refractivity contribution is 6.22. The van der Waals surface area contributed by atoms with Gasteiger partial charge in [0.1, 0.15) is 11.5 Å². The first-order valence-electron chi connectivity index (χ1n) is 12.5. The van der Waals surface area contributed by atoms with E-state index in [1.807, 2.05) is 0 Å². The third-order valence-corrected chi connectivity index (χ3v) is 7.45. The van der Waals surface area contributed by atoms with Crippen molar-refractivity contribution < 1.29 is 54.4 Å². The molecule has 0 spiro atoms. The van der Waals surface area contributed by atoms with Crippen LogP contribution in [-0.4, -0.2) is 45.8 Å². The molecule has 220 valence electrons. The summed E-state index contributed by atoms with van der Waals surface area (Å²) in [6.07, 6.45) is -9.60. The summed E-state index contributed by atoms with van der Waals surface area (Å²) in [7, 11) is 0. The zero-order valence-corrected chi connectivity index (χ0v) is 21.5. The minimum atomic E-state index is -6.06. The number of carbonyl (C=O) groups is 4. The van der Waals surface area contributed by atoms with Crippen molar-refractivity contribution in [2.24, 2.45) is 0 Å². The molecule has 4 heterocycles. The van der Waals surface area contributed by atoms with Gasteiger partial charge in [0.15, 0.2) is 0 Å². The maximum Gasteiger partial charge on any atom is 0.411 e. The number of halogens is 6. The molecule has 2 aliphatic rings. The predicted octanol–water partition coefficient (Wildman–Crippen LogP) is 5.88. The quantitative estimate of drug-likeness (QED) is 0.202. The monoisotopic (exact) mass is 602 g/mol. The van der Waals surface area contributed by atoms with Crippen molar-refractivity contribution in [3.8, 4) is 0 Å². The molecule has 0 saturated heterocycles. The van der Waals surface area contributed by atoms with E-state index in [0.717, 1.165) is 12.1 Å². The van der Waals surface area contributed by atoms with Gasteiger partial charge in [0.2, 0.25) is 5.41 Å². The minimum Gasteiger partial charge on any atom is -0.467 e. The van der Waals surface area contributed by atoms with Gasteiger partial charge in [-0.05, 0) is 59.7 Å². The first-order chi connectivity index (χ1) is 20.3. The smallest absolute Gasteiger partial charge is 0.411 e. The number of rotatable bonds is 6.